The second-order valence-corrected chi connectivity index (χ2v) is 1.83. The van der Waals surface area contributed by atoms with Crippen LogP contribution in [0.2, 0.25) is 0 Å². The molecule has 0 aliphatic heterocycles. The molecule has 0 bridgehead atoms. The van der Waals surface area contributed by atoms with Gasteiger partial charge in [-0.2, -0.15) is 0 Å². The lowest BCUT2D eigenvalue weighted by Crippen LogP contribution is -1.50. The van der Waals surface area contributed by atoms with Crippen molar-refractivity contribution in [1.82, 2.24) is 0 Å². The Morgan fingerprint density at radius 3 is 2.43 bits per heavy atom. The highest BCUT2D eigenvalue weighted by molar-refractivity contribution is 7.80. The maximum atomic E-state index is 4.95. The molecule has 0 radical (unpaired) electrons. The van der Waals surface area contributed by atoms with Gasteiger partial charge in [-0.3, -0.25) is 0 Å². The lowest BCUT2D eigenvalue weighted by Gasteiger charge is -1.75. The molecule has 0 aromatic carbocycles. The summed E-state index contributed by atoms with van der Waals surface area (Å²) in [6.07, 6.45) is 0. The van der Waals surface area contributed by atoms with E-state index in [1.807, 2.05) is 19.1 Å². The molecule has 0 saturated carbocycles. The van der Waals surface area contributed by atoms with Gasteiger partial charge in [0.25, 0.3) is 0 Å². The molecule has 7 heavy (non-hydrogen) atoms. The van der Waals surface area contributed by atoms with Gasteiger partial charge in [0.05, 0.1) is 0 Å². The molecule has 0 spiro atoms. The average molecular weight is 114 g/mol. The lowest BCUT2D eigenvalue weighted by molar-refractivity contribution is 0.450. The third-order valence-corrected chi connectivity index (χ3v) is 0.967. The molecule has 0 saturated heterocycles. The number of rotatable bonds is 0. The Kier molecular flexibility index (Phi) is 1.11. The molecule has 0 unspecified atom stereocenters. The predicted molar refractivity (Wildman–Crippen MR) is 30.7 cm³/mol. The number of furan rings is 1. The Bertz CT molecular complexity index is 140. The van der Waals surface area contributed by atoms with Gasteiger partial charge in [-0.1, -0.05) is 0 Å². The van der Waals surface area contributed by atoms with Gasteiger partial charge in [0.2, 0.25) is 0 Å². The average Bonchev–Trinajstić information content (AvgIpc) is 1.87. The molecule has 1 aromatic heterocycles. The molecule has 0 aliphatic carbocycles. The fourth-order valence-electron chi connectivity index (χ4n) is 0.422. The van der Waals surface area contributed by atoms with Crippen LogP contribution in [0.3, 0.4) is 0 Å². The van der Waals surface area contributed by atoms with Crippen LogP contribution in [0, 0.1) is 6.92 Å². The molecular formula is C5H6OS. The number of aryl methyl sites for hydroxylation is 1. The summed E-state index contributed by atoms with van der Waals surface area (Å²) in [6.45, 7) is 1.89. The molecule has 1 heterocycles. The second kappa shape index (κ2) is 1.62. The third-order valence-electron chi connectivity index (χ3n) is 0.726. The molecule has 1 aromatic rings. The van der Waals surface area contributed by atoms with Gasteiger partial charge in [-0.15, -0.1) is 12.6 Å². The first-order valence-electron chi connectivity index (χ1n) is 2.04. The molecule has 38 valence electrons. The summed E-state index contributed by atoms with van der Waals surface area (Å²) in [6, 6.07) is 3.70. The minimum atomic E-state index is 0.678. The third kappa shape index (κ3) is 0.996. The van der Waals surface area contributed by atoms with Crippen LogP contribution in [0.4, 0.5) is 0 Å². The summed E-state index contributed by atoms with van der Waals surface area (Å²) in [5.74, 6) is 0.907. The summed E-state index contributed by atoms with van der Waals surface area (Å²) in [5.41, 5.74) is 0. The Balaban J connectivity index is 3.04. The predicted octanol–water partition coefficient (Wildman–Crippen LogP) is 1.88. The fourth-order valence-corrected chi connectivity index (χ4v) is 0.640. The van der Waals surface area contributed by atoms with Crippen molar-refractivity contribution in [3.8, 4) is 0 Å². The summed E-state index contributed by atoms with van der Waals surface area (Å²) in [5, 5.41) is 0.678. The van der Waals surface area contributed by atoms with E-state index in [4.69, 9.17) is 4.42 Å². The van der Waals surface area contributed by atoms with Crippen LogP contribution in [0.5, 0.6) is 0 Å². The Morgan fingerprint density at radius 2 is 2.29 bits per heavy atom. The summed E-state index contributed by atoms with van der Waals surface area (Å²) < 4.78 is 4.95. The lowest BCUT2D eigenvalue weighted by atomic mass is 10.5. The van der Waals surface area contributed by atoms with Gasteiger partial charge >= 0.3 is 0 Å². The highest BCUT2D eigenvalue weighted by Gasteiger charge is 1.86. The maximum absolute atomic E-state index is 4.95. The van der Waals surface area contributed by atoms with Crippen molar-refractivity contribution >= 4 is 12.6 Å². The van der Waals surface area contributed by atoms with Crippen molar-refractivity contribution in [3.63, 3.8) is 0 Å². The van der Waals surface area contributed by atoms with E-state index in [1.54, 1.807) is 0 Å². The summed E-state index contributed by atoms with van der Waals surface area (Å²) >= 11 is 3.94. The first-order valence-corrected chi connectivity index (χ1v) is 2.49. The first kappa shape index (κ1) is 4.78. The molecule has 1 rings (SSSR count). The number of thiol groups is 1. The minimum Gasteiger partial charge on any atom is -0.455 e. The van der Waals surface area contributed by atoms with E-state index in [9.17, 15) is 0 Å². The van der Waals surface area contributed by atoms with Crippen LogP contribution in [0.15, 0.2) is 21.6 Å². The van der Waals surface area contributed by atoms with Gasteiger partial charge in [0, 0.05) is 0 Å². The molecular weight excluding hydrogens is 108 g/mol. The van der Waals surface area contributed by atoms with Crippen LogP contribution < -0.4 is 0 Å². The van der Waals surface area contributed by atoms with E-state index < -0.39 is 0 Å². The normalized spacial score (nSPS) is 9.43. The van der Waals surface area contributed by atoms with Gasteiger partial charge < -0.3 is 4.42 Å². The first-order chi connectivity index (χ1) is 3.29. The zero-order valence-electron chi connectivity index (χ0n) is 4.01. The smallest absolute Gasteiger partial charge is 0.157 e. The van der Waals surface area contributed by atoms with Crippen molar-refractivity contribution in [3.05, 3.63) is 17.9 Å². The summed E-state index contributed by atoms with van der Waals surface area (Å²) in [7, 11) is 0. The van der Waals surface area contributed by atoms with Crippen molar-refractivity contribution < 1.29 is 4.42 Å². The quantitative estimate of drug-likeness (QED) is 0.508. The van der Waals surface area contributed by atoms with Crippen molar-refractivity contribution in [2.24, 2.45) is 0 Å². The maximum Gasteiger partial charge on any atom is 0.157 e. The van der Waals surface area contributed by atoms with E-state index in [0.29, 0.717) is 5.09 Å². The molecule has 0 aliphatic rings. The highest BCUT2D eigenvalue weighted by atomic mass is 32.1. The van der Waals surface area contributed by atoms with Gasteiger partial charge in [0.15, 0.2) is 5.09 Å². The molecule has 0 atom stereocenters. The van der Waals surface area contributed by atoms with Crippen LogP contribution in [0.1, 0.15) is 5.76 Å². The standard InChI is InChI=1S/C5H6OS/c1-4-2-3-5(7)6-4/h2-3,7H,1H3. The number of hydrogen-bond donors (Lipinski definition) is 1. The monoisotopic (exact) mass is 114 g/mol. The van der Waals surface area contributed by atoms with Crippen LogP contribution in [0.25, 0.3) is 0 Å². The molecule has 1 nitrogen and oxygen atoms in total. The minimum absolute atomic E-state index is 0.678. The number of hydrogen-bond acceptors (Lipinski definition) is 2. The zero-order chi connectivity index (χ0) is 5.28. The van der Waals surface area contributed by atoms with Crippen LogP contribution in [-0.2, 0) is 0 Å². The SMILES string of the molecule is Cc1ccc(S)o1. The Labute approximate surface area is 47.7 Å². The van der Waals surface area contributed by atoms with Crippen LogP contribution in [-0.4, -0.2) is 0 Å². The highest BCUT2D eigenvalue weighted by Crippen LogP contribution is 2.08. The van der Waals surface area contributed by atoms with E-state index >= 15 is 0 Å². The van der Waals surface area contributed by atoms with Crippen LogP contribution >= 0.6 is 12.6 Å². The second-order valence-electron chi connectivity index (χ2n) is 1.38. The topological polar surface area (TPSA) is 13.1 Å². The largest absolute Gasteiger partial charge is 0.455 e. The van der Waals surface area contributed by atoms with Crippen molar-refractivity contribution in [2.75, 3.05) is 0 Å². The van der Waals surface area contributed by atoms with Crippen molar-refractivity contribution in [1.29, 1.82) is 0 Å². The van der Waals surface area contributed by atoms with E-state index in [0.717, 1.165) is 5.76 Å². The van der Waals surface area contributed by atoms with E-state index in [2.05, 4.69) is 12.6 Å². The summed E-state index contributed by atoms with van der Waals surface area (Å²) in [4.78, 5) is 0. The molecule has 2 heteroatoms. The molecule has 0 fully saturated rings. The zero-order valence-corrected chi connectivity index (χ0v) is 4.90. The van der Waals surface area contributed by atoms with Crippen molar-refractivity contribution in [2.45, 2.75) is 12.0 Å². The van der Waals surface area contributed by atoms with E-state index in [1.165, 1.54) is 0 Å². The van der Waals surface area contributed by atoms with Gasteiger partial charge in [-0.05, 0) is 19.1 Å². The van der Waals surface area contributed by atoms with E-state index in [-0.39, 0.29) is 0 Å². The molecule has 0 amide bonds. The van der Waals surface area contributed by atoms with Gasteiger partial charge in [0.1, 0.15) is 5.76 Å². The molecule has 0 N–H and O–H groups in total. The van der Waals surface area contributed by atoms with Gasteiger partial charge in [-0.25, -0.2) is 0 Å². The Hall–Kier alpha value is -0.370. The fraction of sp³-hybridized carbons (Fsp3) is 0.200. The Morgan fingerprint density at radius 1 is 1.57 bits per heavy atom.